The van der Waals surface area contributed by atoms with Gasteiger partial charge in [0.2, 0.25) is 0 Å². The van der Waals surface area contributed by atoms with Crippen LogP contribution in [0.25, 0.3) is 0 Å². The van der Waals surface area contributed by atoms with E-state index in [0.717, 1.165) is 37.5 Å². The Bertz CT molecular complexity index is 397. The van der Waals surface area contributed by atoms with Crippen LogP contribution in [-0.2, 0) is 0 Å². The Morgan fingerprint density at radius 1 is 1.44 bits per heavy atom. The van der Waals surface area contributed by atoms with E-state index in [4.69, 9.17) is 4.74 Å². The molecule has 0 spiro atoms. The first-order valence-corrected chi connectivity index (χ1v) is 5.74. The number of nitrogens with zero attached hydrogens (tertiary/aromatic N) is 1. The van der Waals surface area contributed by atoms with E-state index < -0.39 is 0 Å². The van der Waals surface area contributed by atoms with Crippen molar-refractivity contribution in [1.82, 2.24) is 5.32 Å². The maximum atomic E-state index is 13.3. The maximum Gasteiger partial charge on any atom is 0.142 e. The van der Waals surface area contributed by atoms with Gasteiger partial charge >= 0.3 is 0 Å². The zero-order valence-corrected chi connectivity index (χ0v) is 9.08. The molecule has 1 N–H and O–H groups in total. The average Bonchev–Trinajstić information content (AvgIpc) is 2.48. The molecule has 86 valence electrons. The lowest BCUT2D eigenvalue weighted by Gasteiger charge is -2.36. The van der Waals surface area contributed by atoms with Crippen LogP contribution in [0.4, 0.5) is 10.1 Å². The van der Waals surface area contributed by atoms with Gasteiger partial charge in [-0.3, -0.25) is 0 Å². The first-order valence-electron chi connectivity index (χ1n) is 5.74. The van der Waals surface area contributed by atoms with Crippen molar-refractivity contribution >= 4 is 5.69 Å². The Kier molecular flexibility index (Phi) is 2.44. The third-order valence-corrected chi connectivity index (χ3v) is 3.29. The first kappa shape index (κ1) is 9.90. The molecule has 1 saturated heterocycles. The van der Waals surface area contributed by atoms with Gasteiger partial charge in [-0.1, -0.05) is 0 Å². The highest BCUT2D eigenvalue weighted by Crippen LogP contribution is 2.34. The summed E-state index contributed by atoms with van der Waals surface area (Å²) < 4.78 is 18.9. The minimum atomic E-state index is -0.193. The molecule has 2 aliphatic rings. The van der Waals surface area contributed by atoms with E-state index in [0.29, 0.717) is 12.6 Å². The summed E-state index contributed by atoms with van der Waals surface area (Å²) in [6, 6.07) is 5.20. The molecule has 0 radical (unpaired) electrons. The SMILES string of the molecule is Fc1ccc2c(c1)N1CCNC[C@@H]1CCO2. The molecule has 0 bridgehead atoms. The minimum Gasteiger partial charge on any atom is -0.491 e. The van der Waals surface area contributed by atoms with Crippen molar-refractivity contribution < 1.29 is 9.13 Å². The smallest absolute Gasteiger partial charge is 0.142 e. The van der Waals surface area contributed by atoms with Crippen LogP contribution in [0.2, 0.25) is 0 Å². The normalized spacial score (nSPS) is 24.1. The number of nitrogens with one attached hydrogen (secondary N) is 1. The van der Waals surface area contributed by atoms with E-state index in [1.54, 1.807) is 12.1 Å². The molecule has 0 unspecified atom stereocenters. The lowest BCUT2D eigenvalue weighted by atomic mass is 10.1. The van der Waals surface area contributed by atoms with Crippen molar-refractivity contribution in [1.29, 1.82) is 0 Å². The van der Waals surface area contributed by atoms with Crippen LogP contribution >= 0.6 is 0 Å². The molecular weight excluding hydrogens is 207 g/mol. The molecule has 2 heterocycles. The molecule has 1 atom stereocenters. The summed E-state index contributed by atoms with van der Waals surface area (Å²) in [5.41, 5.74) is 0.906. The largest absolute Gasteiger partial charge is 0.491 e. The van der Waals surface area contributed by atoms with Crippen LogP contribution in [0.3, 0.4) is 0 Å². The molecule has 0 aromatic heterocycles. The van der Waals surface area contributed by atoms with Gasteiger partial charge in [-0.25, -0.2) is 4.39 Å². The summed E-state index contributed by atoms with van der Waals surface area (Å²) in [7, 11) is 0. The summed E-state index contributed by atoms with van der Waals surface area (Å²) in [4.78, 5) is 2.27. The second-order valence-corrected chi connectivity index (χ2v) is 4.30. The van der Waals surface area contributed by atoms with Crippen molar-refractivity contribution in [2.45, 2.75) is 12.5 Å². The number of rotatable bonds is 0. The van der Waals surface area contributed by atoms with Gasteiger partial charge in [-0.2, -0.15) is 0 Å². The van der Waals surface area contributed by atoms with Crippen molar-refractivity contribution in [2.24, 2.45) is 0 Å². The first-order chi connectivity index (χ1) is 7.84. The summed E-state index contributed by atoms with van der Waals surface area (Å²) in [6.45, 7) is 3.54. The minimum absolute atomic E-state index is 0.193. The maximum absolute atomic E-state index is 13.3. The van der Waals surface area contributed by atoms with E-state index in [-0.39, 0.29) is 5.82 Å². The van der Waals surface area contributed by atoms with Gasteiger partial charge in [0.05, 0.1) is 12.3 Å². The molecule has 3 rings (SSSR count). The Labute approximate surface area is 94.2 Å². The standard InChI is InChI=1S/C12H15FN2O/c13-9-1-2-12-11(7-9)15-5-4-14-8-10(15)3-6-16-12/h1-2,7,10,14H,3-6,8H2/t10-/m0/s1. The van der Waals surface area contributed by atoms with Gasteiger partial charge in [0, 0.05) is 38.2 Å². The number of ether oxygens (including phenoxy) is 1. The molecule has 1 fully saturated rings. The number of hydrogen-bond donors (Lipinski definition) is 1. The van der Waals surface area contributed by atoms with Crippen molar-refractivity contribution in [2.75, 3.05) is 31.1 Å². The van der Waals surface area contributed by atoms with E-state index in [9.17, 15) is 4.39 Å². The monoisotopic (exact) mass is 222 g/mol. The molecule has 0 aliphatic carbocycles. The highest BCUT2D eigenvalue weighted by atomic mass is 19.1. The quantitative estimate of drug-likeness (QED) is 0.718. The van der Waals surface area contributed by atoms with Crippen LogP contribution in [0.5, 0.6) is 5.75 Å². The van der Waals surface area contributed by atoms with E-state index in [2.05, 4.69) is 10.2 Å². The molecule has 4 heteroatoms. The zero-order chi connectivity index (χ0) is 11.0. The molecule has 1 aromatic carbocycles. The van der Waals surface area contributed by atoms with Gasteiger partial charge in [0.1, 0.15) is 11.6 Å². The summed E-state index contributed by atoms with van der Waals surface area (Å²) in [5, 5.41) is 3.37. The third kappa shape index (κ3) is 1.63. The number of anilines is 1. The van der Waals surface area contributed by atoms with Crippen LogP contribution in [0.1, 0.15) is 6.42 Å². The van der Waals surface area contributed by atoms with Crippen LogP contribution in [0, 0.1) is 5.82 Å². The molecule has 1 aromatic rings. The van der Waals surface area contributed by atoms with E-state index >= 15 is 0 Å². The van der Waals surface area contributed by atoms with Crippen molar-refractivity contribution in [3.05, 3.63) is 24.0 Å². The van der Waals surface area contributed by atoms with Crippen molar-refractivity contribution in [3.63, 3.8) is 0 Å². The predicted molar refractivity (Wildman–Crippen MR) is 60.5 cm³/mol. The number of halogens is 1. The molecule has 16 heavy (non-hydrogen) atoms. The highest BCUT2D eigenvalue weighted by Gasteiger charge is 2.27. The Morgan fingerprint density at radius 2 is 2.38 bits per heavy atom. The number of piperazine rings is 1. The van der Waals surface area contributed by atoms with Gasteiger partial charge in [-0.15, -0.1) is 0 Å². The fraction of sp³-hybridized carbons (Fsp3) is 0.500. The fourth-order valence-corrected chi connectivity index (χ4v) is 2.48. The van der Waals surface area contributed by atoms with Crippen LogP contribution in [-0.4, -0.2) is 32.3 Å². The summed E-state index contributed by atoms with van der Waals surface area (Å²) >= 11 is 0. The summed E-state index contributed by atoms with van der Waals surface area (Å²) in [6.07, 6.45) is 0.989. The zero-order valence-electron chi connectivity index (χ0n) is 9.08. The van der Waals surface area contributed by atoms with Crippen LogP contribution in [0.15, 0.2) is 18.2 Å². The molecular formula is C12H15FN2O. The number of benzene rings is 1. The number of fused-ring (bicyclic) bond motifs is 3. The molecule has 0 saturated carbocycles. The van der Waals surface area contributed by atoms with Gasteiger partial charge < -0.3 is 15.0 Å². The number of hydrogen-bond acceptors (Lipinski definition) is 3. The fourth-order valence-electron chi connectivity index (χ4n) is 2.48. The third-order valence-electron chi connectivity index (χ3n) is 3.29. The molecule has 2 aliphatic heterocycles. The van der Waals surface area contributed by atoms with Gasteiger partial charge in [0.15, 0.2) is 0 Å². The lowest BCUT2D eigenvalue weighted by Crippen LogP contribution is -2.51. The molecule has 3 nitrogen and oxygen atoms in total. The highest BCUT2D eigenvalue weighted by molar-refractivity contribution is 5.60. The average molecular weight is 222 g/mol. The summed E-state index contributed by atoms with van der Waals surface area (Å²) in [5.74, 6) is 0.618. The Hall–Kier alpha value is -1.29. The Morgan fingerprint density at radius 3 is 3.31 bits per heavy atom. The van der Waals surface area contributed by atoms with E-state index in [1.807, 2.05) is 0 Å². The van der Waals surface area contributed by atoms with Crippen molar-refractivity contribution in [3.8, 4) is 5.75 Å². The lowest BCUT2D eigenvalue weighted by molar-refractivity contribution is 0.303. The second kappa shape index (κ2) is 3.94. The van der Waals surface area contributed by atoms with Crippen LogP contribution < -0.4 is 15.0 Å². The second-order valence-electron chi connectivity index (χ2n) is 4.30. The molecule has 0 amide bonds. The van der Waals surface area contributed by atoms with E-state index in [1.165, 1.54) is 6.07 Å². The Balaban J connectivity index is 2.02. The van der Waals surface area contributed by atoms with Gasteiger partial charge in [0.25, 0.3) is 0 Å². The topological polar surface area (TPSA) is 24.5 Å². The predicted octanol–water partition coefficient (Wildman–Crippen LogP) is 1.39. The van der Waals surface area contributed by atoms with Gasteiger partial charge in [-0.05, 0) is 12.1 Å².